The number of anilines is 1. The maximum atomic E-state index is 13.1. The lowest BCUT2D eigenvalue weighted by molar-refractivity contribution is 0.101. The Hall–Kier alpha value is -3.35. The van der Waals surface area contributed by atoms with E-state index >= 15 is 0 Å². The summed E-state index contributed by atoms with van der Waals surface area (Å²) >= 11 is 0. The largest absolute Gasteiger partial charge is 0.494 e. The Morgan fingerprint density at radius 2 is 1.70 bits per heavy atom. The topological polar surface area (TPSA) is 65.4 Å². The van der Waals surface area contributed by atoms with E-state index in [2.05, 4.69) is 10.4 Å². The highest BCUT2D eigenvalue weighted by molar-refractivity contribution is 6.04. The first-order valence-electron chi connectivity index (χ1n) is 8.63. The third kappa shape index (κ3) is 4.44. The fourth-order valence-corrected chi connectivity index (χ4v) is 2.49. The zero-order valence-electron chi connectivity index (χ0n) is 15.1. The summed E-state index contributed by atoms with van der Waals surface area (Å²) in [6.07, 6.45) is 1.60. The van der Waals surface area contributed by atoms with Gasteiger partial charge in [0.15, 0.2) is 11.4 Å². The van der Waals surface area contributed by atoms with E-state index in [0.29, 0.717) is 30.3 Å². The van der Waals surface area contributed by atoms with Crippen molar-refractivity contribution in [2.75, 3.05) is 18.5 Å². The Bertz CT molecular complexity index is 905. The van der Waals surface area contributed by atoms with Crippen LogP contribution in [0.25, 0.3) is 5.69 Å². The summed E-state index contributed by atoms with van der Waals surface area (Å²) in [5.41, 5.74) is 1.38. The predicted octanol–water partition coefficient (Wildman–Crippen LogP) is 4.06. The molecule has 0 aliphatic carbocycles. The van der Waals surface area contributed by atoms with E-state index < -0.39 is 5.91 Å². The van der Waals surface area contributed by atoms with Crippen LogP contribution in [-0.4, -0.2) is 28.9 Å². The van der Waals surface area contributed by atoms with Gasteiger partial charge in [0.1, 0.15) is 11.6 Å². The molecule has 0 saturated heterocycles. The van der Waals surface area contributed by atoms with E-state index in [1.807, 2.05) is 13.8 Å². The first kappa shape index (κ1) is 18.4. The molecule has 1 amide bonds. The highest BCUT2D eigenvalue weighted by atomic mass is 19.1. The Labute approximate surface area is 156 Å². The fourth-order valence-electron chi connectivity index (χ4n) is 2.49. The third-order valence-corrected chi connectivity index (χ3v) is 3.71. The van der Waals surface area contributed by atoms with Crippen molar-refractivity contribution < 1.29 is 18.7 Å². The number of aromatic nitrogens is 2. The summed E-state index contributed by atoms with van der Waals surface area (Å²) in [6.45, 7) is 4.69. The molecule has 0 atom stereocenters. The molecule has 0 aliphatic heterocycles. The molecule has 0 radical (unpaired) electrons. The highest BCUT2D eigenvalue weighted by Crippen LogP contribution is 2.22. The summed E-state index contributed by atoms with van der Waals surface area (Å²) in [4.78, 5) is 12.7. The van der Waals surface area contributed by atoms with Crippen molar-refractivity contribution in [1.82, 2.24) is 9.78 Å². The van der Waals surface area contributed by atoms with Gasteiger partial charge < -0.3 is 14.8 Å². The standard InChI is InChI=1S/C20H20FN3O3/c1-3-26-17-11-7-15(8-12-17)22-20(25)19-18(27-4-2)13-24(23-19)16-9-5-14(21)6-10-16/h5-13H,3-4H2,1-2H3,(H,22,25). The zero-order valence-corrected chi connectivity index (χ0v) is 15.1. The number of rotatable bonds is 7. The number of hydrogen-bond donors (Lipinski definition) is 1. The maximum Gasteiger partial charge on any atom is 0.280 e. The molecule has 3 aromatic rings. The minimum Gasteiger partial charge on any atom is -0.494 e. The van der Waals surface area contributed by atoms with Crippen LogP contribution in [0.4, 0.5) is 10.1 Å². The fraction of sp³-hybridized carbons (Fsp3) is 0.200. The number of carbonyl (C=O) groups is 1. The van der Waals surface area contributed by atoms with Crippen molar-refractivity contribution >= 4 is 11.6 Å². The Balaban J connectivity index is 1.83. The van der Waals surface area contributed by atoms with Gasteiger partial charge in [-0.3, -0.25) is 4.79 Å². The number of nitrogens with zero attached hydrogens (tertiary/aromatic N) is 2. The molecule has 0 fully saturated rings. The molecule has 0 saturated carbocycles. The molecule has 1 heterocycles. The Morgan fingerprint density at radius 3 is 2.33 bits per heavy atom. The van der Waals surface area contributed by atoms with Gasteiger partial charge >= 0.3 is 0 Å². The lowest BCUT2D eigenvalue weighted by Gasteiger charge is -2.07. The smallest absolute Gasteiger partial charge is 0.280 e. The number of amides is 1. The van der Waals surface area contributed by atoms with E-state index in [0.717, 1.165) is 5.75 Å². The molecule has 27 heavy (non-hydrogen) atoms. The maximum absolute atomic E-state index is 13.1. The van der Waals surface area contributed by atoms with Crippen LogP contribution in [0.5, 0.6) is 11.5 Å². The monoisotopic (exact) mass is 369 g/mol. The number of ether oxygens (including phenoxy) is 2. The average Bonchev–Trinajstić information content (AvgIpc) is 3.08. The molecule has 0 spiro atoms. The van der Waals surface area contributed by atoms with Crippen molar-refractivity contribution in [3.05, 3.63) is 66.2 Å². The second-order valence-electron chi connectivity index (χ2n) is 5.61. The summed E-state index contributed by atoms with van der Waals surface area (Å²) < 4.78 is 25.5. The summed E-state index contributed by atoms with van der Waals surface area (Å²) in [6, 6.07) is 12.9. The van der Waals surface area contributed by atoms with Crippen LogP contribution in [0.3, 0.4) is 0 Å². The second kappa shape index (κ2) is 8.35. The quantitative estimate of drug-likeness (QED) is 0.682. The van der Waals surface area contributed by atoms with E-state index in [4.69, 9.17) is 9.47 Å². The van der Waals surface area contributed by atoms with Crippen LogP contribution < -0.4 is 14.8 Å². The molecule has 140 valence electrons. The summed E-state index contributed by atoms with van der Waals surface area (Å²) in [7, 11) is 0. The first-order valence-corrected chi connectivity index (χ1v) is 8.63. The Morgan fingerprint density at radius 1 is 1.04 bits per heavy atom. The van der Waals surface area contributed by atoms with Gasteiger partial charge in [-0.25, -0.2) is 9.07 Å². The van der Waals surface area contributed by atoms with Crippen molar-refractivity contribution in [2.24, 2.45) is 0 Å². The van der Waals surface area contributed by atoms with Gasteiger partial charge in [-0.15, -0.1) is 0 Å². The second-order valence-corrected chi connectivity index (χ2v) is 5.61. The zero-order chi connectivity index (χ0) is 19.2. The van der Waals surface area contributed by atoms with Crippen LogP contribution in [0, 0.1) is 5.82 Å². The van der Waals surface area contributed by atoms with Gasteiger partial charge in [0.25, 0.3) is 5.91 Å². The molecule has 0 bridgehead atoms. The van der Waals surface area contributed by atoms with Crippen LogP contribution in [0.1, 0.15) is 24.3 Å². The normalized spacial score (nSPS) is 10.5. The number of carbonyl (C=O) groups excluding carboxylic acids is 1. The minimum atomic E-state index is -0.400. The molecule has 3 rings (SSSR count). The first-order chi connectivity index (χ1) is 13.1. The van der Waals surface area contributed by atoms with Crippen molar-refractivity contribution in [2.45, 2.75) is 13.8 Å². The molecule has 6 nitrogen and oxygen atoms in total. The molecule has 1 N–H and O–H groups in total. The van der Waals surface area contributed by atoms with Gasteiger partial charge in [-0.05, 0) is 62.4 Å². The summed E-state index contributed by atoms with van der Waals surface area (Å²) in [5, 5.41) is 7.09. The van der Waals surface area contributed by atoms with Gasteiger partial charge in [0.05, 0.1) is 25.1 Å². The lowest BCUT2D eigenvalue weighted by atomic mass is 10.3. The molecule has 0 unspecified atom stereocenters. The summed E-state index contributed by atoms with van der Waals surface area (Å²) in [5.74, 6) is 0.337. The van der Waals surface area contributed by atoms with Crippen LogP contribution in [0.2, 0.25) is 0 Å². The van der Waals surface area contributed by atoms with E-state index in [9.17, 15) is 9.18 Å². The van der Waals surface area contributed by atoms with E-state index in [-0.39, 0.29) is 11.5 Å². The van der Waals surface area contributed by atoms with Gasteiger partial charge in [0, 0.05) is 5.69 Å². The van der Waals surface area contributed by atoms with Crippen LogP contribution in [-0.2, 0) is 0 Å². The van der Waals surface area contributed by atoms with Crippen molar-refractivity contribution in [3.8, 4) is 17.2 Å². The molecule has 7 heteroatoms. The van der Waals surface area contributed by atoms with Crippen molar-refractivity contribution in [1.29, 1.82) is 0 Å². The number of benzene rings is 2. The van der Waals surface area contributed by atoms with E-state index in [1.165, 1.54) is 16.8 Å². The van der Waals surface area contributed by atoms with Crippen molar-refractivity contribution in [3.63, 3.8) is 0 Å². The van der Waals surface area contributed by atoms with Gasteiger partial charge in [0.2, 0.25) is 0 Å². The average molecular weight is 369 g/mol. The molecular weight excluding hydrogens is 349 g/mol. The van der Waals surface area contributed by atoms with E-state index in [1.54, 1.807) is 42.6 Å². The SMILES string of the molecule is CCOc1ccc(NC(=O)c2nn(-c3ccc(F)cc3)cc2OCC)cc1. The van der Waals surface area contributed by atoms with Gasteiger partial charge in [-0.2, -0.15) is 5.10 Å². The molecular formula is C20H20FN3O3. The number of halogens is 1. The lowest BCUT2D eigenvalue weighted by Crippen LogP contribution is -2.14. The van der Waals surface area contributed by atoms with Crippen LogP contribution in [0.15, 0.2) is 54.7 Å². The number of hydrogen-bond acceptors (Lipinski definition) is 4. The Kier molecular flexibility index (Phi) is 5.71. The number of nitrogens with one attached hydrogen (secondary N) is 1. The van der Waals surface area contributed by atoms with Crippen LogP contribution >= 0.6 is 0 Å². The van der Waals surface area contributed by atoms with Gasteiger partial charge in [-0.1, -0.05) is 0 Å². The minimum absolute atomic E-state index is 0.148. The molecule has 2 aromatic carbocycles. The molecule has 1 aromatic heterocycles. The molecule has 0 aliphatic rings. The third-order valence-electron chi connectivity index (χ3n) is 3.71. The predicted molar refractivity (Wildman–Crippen MR) is 100 cm³/mol. The highest BCUT2D eigenvalue weighted by Gasteiger charge is 2.19.